The van der Waals surface area contributed by atoms with Crippen molar-refractivity contribution >= 4 is 17.0 Å². The van der Waals surface area contributed by atoms with Gasteiger partial charge >= 0.3 is 0 Å². The van der Waals surface area contributed by atoms with Gasteiger partial charge in [0.2, 0.25) is 5.82 Å². The number of nitrogens with two attached hydrogens (primary N) is 1. The SMILES string of the molecule is C#Cc1nc(N)c2ncn([C@H]3C[C@H](O)[C@@H](CO)O3)c2n1. The molecule has 20 heavy (non-hydrogen) atoms. The van der Waals surface area contributed by atoms with Gasteiger partial charge in [0.25, 0.3) is 0 Å². The van der Waals surface area contributed by atoms with Gasteiger partial charge in [-0.05, 0) is 5.92 Å². The van der Waals surface area contributed by atoms with Crippen molar-refractivity contribution in [2.45, 2.75) is 24.9 Å². The van der Waals surface area contributed by atoms with Crippen LogP contribution in [0, 0.1) is 12.3 Å². The van der Waals surface area contributed by atoms with Crippen LogP contribution in [0.1, 0.15) is 18.5 Å². The van der Waals surface area contributed by atoms with Crippen molar-refractivity contribution in [2.24, 2.45) is 0 Å². The summed E-state index contributed by atoms with van der Waals surface area (Å²) in [5.74, 6) is 2.68. The number of aliphatic hydroxyl groups excluding tert-OH is 2. The fraction of sp³-hybridized carbons (Fsp3) is 0.417. The van der Waals surface area contributed by atoms with Crippen molar-refractivity contribution in [1.82, 2.24) is 19.5 Å². The number of fused-ring (bicyclic) bond motifs is 1. The largest absolute Gasteiger partial charge is 0.394 e. The predicted molar refractivity (Wildman–Crippen MR) is 69.3 cm³/mol. The monoisotopic (exact) mass is 275 g/mol. The van der Waals surface area contributed by atoms with E-state index in [9.17, 15) is 5.11 Å². The Morgan fingerprint density at radius 3 is 3.00 bits per heavy atom. The summed E-state index contributed by atoms with van der Waals surface area (Å²) in [5, 5.41) is 18.9. The molecule has 0 aliphatic carbocycles. The van der Waals surface area contributed by atoms with Crippen molar-refractivity contribution in [3.8, 4) is 12.3 Å². The van der Waals surface area contributed by atoms with Crippen LogP contribution in [-0.4, -0.2) is 48.5 Å². The topological polar surface area (TPSA) is 119 Å². The number of rotatable bonds is 2. The number of imidazole rings is 1. The fourth-order valence-electron chi connectivity index (χ4n) is 2.26. The molecule has 0 bridgehead atoms. The molecular formula is C12H13N5O3. The van der Waals surface area contributed by atoms with Gasteiger partial charge in [0.05, 0.1) is 19.0 Å². The third-order valence-corrected chi connectivity index (χ3v) is 3.27. The number of hydrogen-bond acceptors (Lipinski definition) is 7. The highest BCUT2D eigenvalue weighted by atomic mass is 16.5. The summed E-state index contributed by atoms with van der Waals surface area (Å²) >= 11 is 0. The highest BCUT2D eigenvalue weighted by molar-refractivity contribution is 5.82. The maximum absolute atomic E-state index is 9.78. The Morgan fingerprint density at radius 2 is 2.35 bits per heavy atom. The lowest BCUT2D eigenvalue weighted by molar-refractivity contribution is -0.0432. The maximum Gasteiger partial charge on any atom is 0.208 e. The van der Waals surface area contributed by atoms with E-state index in [2.05, 4.69) is 20.9 Å². The van der Waals surface area contributed by atoms with Crippen LogP contribution in [0.5, 0.6) is 0 Å². The summed E-state index contributed by atoms with van der Waals surface area (Å²) in [6, 6.07) is 0. The van der Waals surface area contributed by atoms with E-state index in [4.69, 9.17) is 22.0 Å². The van der Waals surface area contributed by atoms with Gasteiger partial charge in [-0.1, -0.05) is 0 Å². The quantitative estimate of drug-likeness (QED) is 0.603. The first-order valence-electron chi connectivity index (χ1n) is 6.05. The molecule has 8 nitrogen and oxygen atoms in total. The number of anilines is 1. The minimum Gasteiger partial charge on any atom is -0.394 e. The van der Waals surface area contributed by atoms with Crippen LogP contribution in [0.2, 0.25) is 0 Å². The summed E-state index contributed by atoms with van der Waals surface area (Å²) in [4.78, 5) is 12.2. The van der Waals surface area contributed by atoms with E-state index < -0.39 is 18.4 Å². The Balaban J connectivity index is 2.05. The molecule has 8 heteroatoms. The molecular weight excluding hydrogens is 262 g/mol. The minimum absolute atomic E-state index is 0.161. The van der Waals surface area contributed by atoms with Crippen LogP contribution in [0.15, 0.2) is 6.33 Å². The Bertz CT molecular complexity index is 692. The fourth-order valence-corrected chi connectivity index (χ4v) is 2.26. The first kappa shape index (κ1) is 12.8. The van der Waals surface area contributed by atoms with Gasteiger partial charge in [-0.25, -0.2) is 15.0 Å². The summed E-state index contributed by atoms with van der Waals surface area (Å²) in [6.45, 7) is -0.253. The third kappa shape index (κ3) is 1.89. The van der Waals surface area contributed by atoms with Gasteiger partial charge in [0, 0.05) is 6.42 Å². The van der Waals surface area contributed by atoms with E-state index in [0.717, 1.165) is 0 Å². The Morgan fingerprint density at radius 1 is 1.55 bits per heavy atom. The van der Waals surface area contributed by atoms with Crippen LogP contribution in [0.4, 0.5) is 5.82 Å². The number of nitrogens with zero attached hydrogens (tertiary/aromatic N) is 4. The van der Waals surface area contributed by atoms with Crippen molar-refractivity contribution in [3.63, 3.8) is 0 Å². The predicted octanol–water partition coefficient (Wildman–Crippen LogP) is -0.970. The average Bonchev–Trinajstić information content (AvgIpc) is 3.01. The number of nitrogen functional groups attached to an aromatic ring is 1. The van der Waals surface area contributed by atoms with E-state index in [1.54, 1.807) is 4.57 Å². The highest BCUT2D eigenvalue weighted by Crippen LogP contribution is 2.31. The van der Waals surface area contributed by atoms with Gasteiger partial charge in [0.1, 0.15) is 17.8 Å². The summed E-state index contributed by atoms with van der Waals surface area (Å²) < 4.78 is 7.19. The number of aliphatic hydroxyl groups is 2. The smallest absolute Gasteiger partial charge is 0.208 e. The normalized spacial score (nSPS) is 25.9. The summed E-state index contributed by atoms with van der Waals surface area (Å²) in [5.41, 5.74) is 6.64. The van der Waals surface area contributed by atoms with Crippen molar-refractivity contribution in [1.29, 1.82) is 0 Å². The molecule has 0 unspecified atom stereocenters. The Kier molecular flexibility index (Phi) is 3.02. The molecule has 3 atom stereocenters. The molecule has 0 spiro atoms. The molecule has 2 aromatic rings. The first-order valence-corrected chi connectivity index (χ1v) is 6.05. The van der Waals surface area contributed by atoms with E-state index in [1.165, 1.54) is 6.33 Å². The maximum atomic E-state index is 9.78. The molecule has 0 saturated carbocycles. The van der Waals surface area contributed by atoms with Crippen LogP contribution < -0.4 is 5.73 Å². The molecule has 0 radical (unpaired) electrons. The molecule has 1 saturated heterocycles. The van der Waals surface area contributed by atoms with Gasteiger partial charge in [-0.2, -0.15) is 0 Å². The number of aromatic nitrogens is 4. The van der Waals surface area contributed by atoms with E-state index in [1.807, 2.05) is 0 Å². The molecule has 104 valence electrons. The zero-order valence-corrected chi connectivity index (χ0v) is 10.5. The van der Waals surface area contributed by atoms with Gasteiger partial charge in [-0.3, -0.25) is 4.57 Å². The molecule has 0 amide bonds. The Labute approximate surface area is 114 Å². The van der Waals surface area contributed by atoms with Crippen LogP contribution in [0.25, 0.3) is 11.2 Å². The van der Waals surface area contributed by atoms with Crippen molar-refractivity contribution in [2.75, 3.05) is 12.3 Å². The van der Waals surface area contributed by atoms with Crippen molar-refractivity contribution < 1.29 is 14.9 Å². The lowest BCUT2D eigenvalue weighted by Crippen LogP contribution is -2.24. The van der Waals surface area contributed by atoms with E-state index >= 15 is 0 Å². The van der Waals surface area contributed by atoms with Gasteiger partial charge in [0.15, 0.2) is 11.5 Å². The zero-order valence-electron chi connectivity index (χ0n) is 10.5. The van der Waals surface area contributed by atoms with E-state index in [-0.39, 0.29) is 18.2 Å². The third-order valence-electron chi connectivity index (χ3n) is 3.27. The molecule has 2 aromatic heterocycles. The lowest BCUT2D eigenvalue weighted by Gasteiger charge is -2.13. The standard InChI is InChI=1S/C12H13N5O3/c1-2-8-15-11(13)10-12(16-8)17(5-14-10)9-3-6(19)7(4-18)20-9/h1,5-7,9,18-19H,3-4H2,(H2,13,15,16)/t6-,7+,9+/m0/s1. The molecule has 1 aliphatic heterocycles. The number of ether oxygens (including phenoxy) is 1. The molecule has 1 aliphatic rings. The first-order chi connectivity index (χ1) is 9.63. The average molecular weight is 275 g/mol. The zero-order chi connectivity index (χ0) is 14.3. The molecule has 3 rings (SSSR count). The minimum atomic E-state index is -0.742. The second kappa shape index (κ2) is 4.72. The van der Waals surface area contributed by atoms with E-state index in [0.29, 0.717) is 17.6 Å². The summed E-state index contributed by atoms with van der Waals surface area (Å²) in [6.07, 6.45) is 5.27. The van der Waals surface area contributed by atoms with Gasteiger partial charge in [-0.15, -0.1) is 6.42 Å². The highest BCUT2D eigenvalue weighted by Gasteiger charge is 2.35. The summed E-state index contributed by atoms with van der Waals surface area (Å²) in [7, 11) is 0. The molecule has 3 heterocycles. The van der Waals surface area contributed by atoms with Crippen LogP contribution in [0.3, 0.4) is 0 Å². The molecule has 1 fully saturated rings. The van der Waals surface area contributed by atoms with Gasteiger partial charge < -0.3 is 20.7 Å². The van der Waals surface area contributed by atoms with Crippen molar-refractivity contribution in [3.05, 3.63) is 12.2 Å². The molecule has 0 aromatic carbocycles. The molecule has 4 N–H and O–H groups in total. The Hall–Kier alpha value is -2.21. The lowest BCUT2D eigenvalue weighted by atomic mass is 10.2. The van der Waals surface area contributed by atoms with Crippen LogP contribution >= 0.6 is 0 Å². The second-order valence-electron chi connectivity index (χ2n) is 4.52. The van der Waals surface area contributed by atoms with Crippen LogP contribution in [-0.2, 0) is 4.74 Å². The second-order valence-corrected chi connectivity index (χ2v) is 4.52. The number of terminal acetylenes is 1. The number of hydrogen-bond donors (Lipinski definition) is 3.